The van der Waals surface area contributed by atoms with E-state index in [2.05, 4.69) is 5.32 Å². The molecule has 224 valence electrons. The van der Waals surface area contributed by atoms with Crippen molar-refractivity contribution >= 4 is 51.7 Å². The van der Waals surface area contributed by atoms with Crippen LogP contribution in [0.3, 0.4) is 0 Å². The summed E-state index contributed by atoms with van der Waals surface area (Å²) >= 11 is 5.94. The third-order valence-electron chi connectivity index (χ3n) is 8.08. The zero-order chi connectivity index (χ0) is 30.8. The Morgan fingerprint density at radius 3 is 2.30 bits per heavy atom. The summed E-state index contributed by atoms with van der Waals surface area (Å²) in [6.07, 6.45) is -0.577. The lowest BCUT2D eigenvalue weighted by atomic mass is 9.96. The van der Waals surface area contributed by atoms with Crippen LogP contribution in [-0.2, 0) is 16.0 Å². The first-order chi connectivity index (χ1) is 21.4. The van der Waals surface area contributed by atoms with Crippen LogP contribution in [0.15, 0.2) is 97.1 Å². The Morgan fingerprint density at radius 2 is 1.57 bits per heavy atom. The highest BCUT2D eigenvalue weighted by Crippen LogP contribution is 2.43. The van der Waals surface area contributed by atoms with Gasteiger partial charge in [-0.1, -0.05) is 54.6 Å². The predicted octanol–water partition coefficient (Wildman–Crippen LogP) is 6.14. The smallest absolute Gasteiger partial charge is 0.329 e. The SMILES string of the molecule is COC(=O)[C@@H]1CNCCN1C(=O)N1c2ccccc2CC(O)c2cc(-c3ccc(N(C(=O)Cl)c4ccccc4)cc3)ccc21. The summed E-state index contributed by atoms with van der Waals surface area (Å²) in [5, 5.41) is 14.0. The molecule has 9 nitrogen and oxygen atoms in total. The van der Waals surface area contributed by atoms with Crippen molar-refractivity contribution in [3.8, 4) is 11.1 Å². The second-order valence-corrected chi connectivity index (χ2v) is 11.0. The molecule has 2 aliphatic heterocycles. The summed E-state index contributed by atoms with van der Waals surface area (Å²) in [6.45, 7) is 1.15. The van der Waals surface area contributed by atoms with Gasteiger partial charge in [-0.2, -0.15) is 0 Å². The van der Waals surface area contributed by atoms with Crippen molar-refractivity contribution < 1.29 is 24.2 Å². The van der Waals surface area contributed by atoms with Crippen molar-refractivity contribution in [1.29, 1.82) is 0 Å². The van der Waals surface area contributed by atoms with Crippen LogP contribution >= 0.6 is 11.6 Å². The van der Waals surface area contributed by atoms with Crippen LogP contribution in [-0.4, -0.2) is 60.2 Å². The fourth-order valence-electron chi connectivity index (χ4n) is 5.90. The zero-order valence-electron chi connectivity index (χ0n) is 24.0. The van der Waals surface area contributed by atoms with Gasteiger partial charge in [-0.25, -0.2) is 9.59 Å². The quantitative estimate of drug-likeness (QED) is 0.163. The van der Waals surface area contributed by atoms with Gasteiger partial charge in [0.25, 0.3) is 0 Å². The number of ether oxygens (including phenoxy) is 1. The molecule has 0 spiro atoms. The third kappa shape index (κ3) is 5.53. The number of halogens is 1. The Morgan fingerprint density at radius 1 is 0.886 bits per heavy atom. The van der Waals surface area contributed by atoms with E-state index in [1.54, 1.807) is 17.0 Å². The van der Waals surface area contributed by atoms with E-state index in [1.165, 1.54) is 16.9 Å². The molecule has 0 aromatic heterocycles. The predicted molar refractivity (Wildman–Crippen MR) is 170 cm³/mol. The van der Waals surface area contributed by atoms with E-state index in [-0.39, 0.29) is 12.6 Å². The Balaban J connectivity index is 1.38. The molecule has 1 unspecified atom stereocenters. The largest absolute Gasteiger partial charge is 0.467 e. The highest BCUT2D eigenvalue weighted by molar-refractivity contribution is 6.66. The first-order valence-corrected chi connectivity index (χ1v) is 14.7. The lowest BCUT2D eigenvalue weighted by molar-refractivity contribution is -0.146. The fourth-order valence-corrected chi connectivity index (χ4v) is 6.10. The number of amides is 3. The van der Waals surface area contributed by atoms with Crippen LogP contribution in [0, 0.1) is 0 Å². The van der Waals surface area contributed by atoms with Crippen LogP contribution < -0.4 is 15.1 Å². The zero-order valence-corrected chi connectivity index (χ0v) is 24.8. The molecular weight excluding hydrogens is 580 g/mol. The average molecular weight is 611 g/mol. The molecular formula is C34H31ClN4O5. The van der Waals surface area contributed by atoms with Gasteiger partial charge in [-0.05, 0) is 70.8 Å². The number of aliphatic hydroxyl groups is 1. The summed E-state index contributed by atoms with van der Waals surface area (Å²) in [7, 11) is 1.31. The van der Waals surface area contributed by atoms with Crippen LogP contribution in [0.1, 0.15) is 17.2 Å². The molecule has 6 rings (SSSR count). The molecule has 0 radical (unpaired) electrons. The lowest BCUT2D eigenvalue weighted by Gasteiger charge is -2.38. The number of carbonyl (C=O) groups is 3. The number of rotatable bonds is 4. The van der Waals surface area contributed by atoms with Crippen molar-refractivity contribution in [2.24, 2.45) is 0 Å². The van der Waals surface area contributed by atoms with Gasteiger partial charge >= 0.3 is 17.4 Å². The van der Waals surface area contributed by atoms with E-state index < -0.39 is 23.5 Å². The van der Waals surface area contributed by atoms with Crippen molar-refractivity contribution in [2.45, 2.75) is 18.6 Å². The van der Waals surface area contributed by atoms with Crippen LogP contribution in [0.5, 0.6) is 0 Å². The second kappa shape index (κ2) is 12.5. The van der Waals surface area contributed by atoms with E-state index >= 15 is 0 Å². The maximum atomic E-state index is 14.3. The number of fused-ring (bicyclic) bond motifs is 2. The first-order valence-electron chi connectivity index (χ1n) is 14.3. The minimum absolute atomic E-state index is 0.287. The summed E-state index contributed by atoms with van der Waals surface area (Å²) in [6, 6.07) is 28.5. The van der Waals surface area contributed by atoms with Crippen molar-refractivity contribution in [3.05, 3.63) is 108 Å². The highest BCUT2D eigenvalue weighted by Gasteiger charge is 2.39. The van der Waals surface area contributed by atoms with E-state index in [1.807, 2.05) is 84.9 Å². The molecule has 2 N–H and O–H groups in total. The summed E-state index contributed by atoms with van der Waals surface area (Å²) < 4.78 is 5.00. The summed E-state index contributed by atoms with van der Waals surface area (Å²) in [5.74, 6) is -0.491. The van der Waals surface area contributed by atoms with E-state index in [0.29, 0.717) is 47.8 Å². The van der Waals surface area contributed by atoms with E-state index in [0.717, 1.165) is 16.7 Å². The maximum Gasteiger partial charge on any atom is 0.329 e. The van der Waals surface area contributed by atoms with Crippen molar-refractivity contribution in [3.63, 3.8) is 0 Å². The Hall–Kier alpha value is -4.70. The first kappa shape index (κ1) is 29.4. The number of nitrogens with one attached hydrogen (secondary N) is 1. The van der Waals surface area contributed by atoms with Crippen LogP contribution in [0.4, 0.5) is 32.3 Å². The van der Waals surface area contributed by atoms with Crippen LogP contribution in [0.2, 0.25) is 0 Å². The molecule has 1 fully saturated rings. The van der Waals surface area contributed by atoms with Gasteiger partial charge in [0.2, 0.25) is 0 Å². The molecule has 0 aliphatic carbocycles. The van der Waals surface area contributed by atoms with Gasteiger partial charge in [0.1, 0.15) is 6.04 Å². The van der Waals surface area contributed by atoms with Gasteiger partial charge in [0, 0.05) is 31.6 Å². The maximum absolute atomic E-state index is 14.3. The van der Waals surface area contributed by atoms with E-state index in [4.69, 9.17) is 16.3 Å². The van der Waals surface area contributed by atoms with Gasteiger partial charge in [0.15, 0.2) is 0 Å². The molecule has 4 aromatic carbocycles. The normalized spacial score (nSPS) is 17.6. The van der Waals surface area contributed by atoms with Gasteiger partial charge < -0.3 is 20.1 Å². The summed E-state index contributed by atoms with van der Waals surface area (Å²) in [5.41, 5.74) is 5.53. The number of nitrogens with zero attached hydrogens (tertiary/aromatic N) is 3. The Bertz CT molecular complexity index is 1700. The molecule has 0 saturated carbocycles. The molecule has 2 heterocycles. The molecule has 0 bridgehead atoms. The number of hydrogen-bond donors (Lipinski definition) is 2. The number of para-hydroxylation sites is 2. The summed E-state index contributed by atoms with van der Waals surface area (Å²) in [4.78, 5) is 43.8. The molecule has 2 aliphatic rings. The van der Waals surface area contributed by atoms with Crippen molar-refractivity contribution in [2.75, 3.05) is 36.5 Å². The number of hydrogen-bond acceptors (Lipinski definition) is 6. The molecule has 3 amide bonds. The fraction of sp³-hybridized carbons (Fsp3) is 0.206. The number of piperazine rings is 1. The van der Waals surface area contributed by atoms with E-state index in [9.17, 15) is 19.5 Å². The van der Waals surface area contributed by atoms with Gasteiger partial charge in [-0.15, -0.1) is 0 Å². The van der Waals surface area contributed by atoms with Gasteiger partial charge in [0.05, 0.1) is 36.0 Å². The topological polar surface area (TPSA) is 102 Å². The number of methoxy groups -OCH3 is 1. The van der Waals surface area contributed by atoms with Crippen LogP contribution in [0.25, 0.3) is 11.1 Å². The number of aliphatic hydroxyl groups excluding tert-OH is 1. The monoisotopic (exact) mass is 610 g/mol. The number of urea groups is 1. The molecule has 44 heavy (non-hydrogen) atoms. The lowest BCUT2D eigenvalue weighted by Crippen LogP contribution is -2.59. The molecule has 10 heteroatoms. The van der Waals surface area contributed by atoms with Gasteiger partial charge in [-0.3, -0.25) is 14.6 Å². The average Bonchev–Trinajstić information content (AvgIpc) is 3.18. The number of benzene rings is 4. The number of anilines is 4. The van der Waals surface area contributed by atoms with Crippen molar-refractivity contribution in [1.82, 2.24) is 10.2 Å². The number of carbonyl (C=O) groups excluding carboxylic acids is 3. The Labute approximate surface area is 260 Å². The number of esters is 1. The molecule has 1 saturated heterocycles. The third-order valence-corrected chi connectivity index (χ3v) is 8.24. The highest BCUT2D eigenvalue weighted by atomic mass is 35.5. The molecule has 2 atom stereocenters. The molecule has 4 aromatic rings. The second-order valence-electron chi connectivity index (χ2n) is 10.6. The standard InChI is InChI=1S/C34H31ClN4O5/c1-44-32(41)30-21-36-17-18-37(30)34(43)39-28-10-6-5-7-24(28)20-31(40)27-19-23(13-16-29(27)39)22-11-14-26(15-12-22)38(33(35)42)25-8-3-2-4-9-25/h2-16,19,30-31,36,40H,17-18,20-21H2,1H3/t30-,31?/m0/s1. The minimum atomic E-state index is -0.884. The Kier molecular flexibility index (Phi) is 8.34. The minimum Gasteiger partial charge on any atom is -0.467 e.